The zero-order chi connectivity index (χ0) is 22.9. The minimum absolute atomic E-state index is 0.295. The van der Waals surface area contributed by atoms with E-state index in [0.29, 0.717) is 35.4 Å². The normalized spacial score (nSPS) is 16.3. The second-order valence-electron chi connectivity index (χ2n) is 9.02. The molecule has 6 rings (SSSR count). The molecule has 0 unspecified atom stereocenters. The maximum Gasteiger partial charge on any atom is 0.321 e. The number of hydrogen-bond acceptors (Lipinski definition) is 7. The maximum absolute atomic E-state index is 10.1. The van der Waals surface area contributed by atoms with E-state index >= 15 is 0 Å². The zero-order valence-electron chi connectivity index (χ0n) is 18.8. The molecule has 8 heteroatoms. The van der Waals surface area contributed by atoms with Crippen molar-refractivity contribution in [2.75, 3.05) is 5.32 Å². The van der Waals surface area contributed by atoms with E-state index in [0.717, 1.165) is 47.8 Å². The van der Waals surface area contributed by atoms with Crippen molar-refractivity contribution in [3.8, 4) is 29.1 Å². The van der Waals surface area contributed by atoms with Gasteiger partial charge in [-0.25, -0.2) is 19.9 Å². The molecule has 0 atom stereocenters. The largest absolute Gasteiger partial charge is 0.424 e. The predicted molar refractivity (Wildman–Crippen MR) is 129 cm³/mol. The minimum atomic E-state index is 0.295. The molecular weight excluding hydrogens is 426 g/mol. The summed E-state index contributed by atoms with van der Waals surface area (Å²) in [5, 5.41) is 14.5. The Morgan fingerprint density at radius 1 is 0.971 bits per heavy atom. The summed E-state index contributed by atoms with van der Waals surface area (Å²) >= 11 is 0. The van der Waals surface area contributed by atoms with E-state index in [-0.39, 0.29) is 0 Å². The molecule has 8 nitrogen and oxygen atoms in total. The molecule has 2 aliphatic carbocycles. The maximum atomic E-state index is 10.1. The monoisotopic (exact) mass is 451 g/mol. The van der Waals surface area contributed by atoms with Crippen molar-refractivity contribution in [2.24, 2.45) is 0 Å². The van der Waals surface area contributed by atoms with Crippen LogP contribution in [0.15, 0.2) is 49.1 Å². The van der Waals surface area contributed by atoms with Crippen LogP contribution in [0.4, 0.5) is 5.95 Å². The molecule has 1 N–H and O–H groups in total. The van der Waals surface area contributed by atoms with Crippen LogP contribution in [0.25, 0.3) is 22.2 Å². The van der Waals surface area contributed by atoms with Crippen LogP contribution in [-0.2, 0) is 0 Å². The van der Waals surface area contributed by atoms with Gasteiger partial charge in [0, 0.05) is 53.9 Å². The molecule has 0 amide bonds. The number of nitriles is 1. The zero-order valence-corrected chi connectivity index (χ0v) is 18.8. The van der Waals surface area contributed by atoms with E-state index < -0.39 is 0 Å². The van der Waals surface area contributed by atoms with Crippen molar-refractivity contribution in [3.63, 3.8) is 0 Å². The average Bonchev–Trinajstić information content (AvgIpc) is 3.45. The van der Waals surface area contributed by atoms with Crippen LogP contribution in [0.2, 0.25) is 0 Å². The topological polar surface area (TPSA) is 102 Å². The van der Waals surface area contributed by atoms with Crippen molar-refractivity contribution >= 4 is 16.9 Å². The third-order valence-corrected chi connectivity index (χ3v) is 6.89. The Morgan fingerprint density at radius 3 is 2.41 bits per heavy atom. The van der Waals surface area contributed by atoms with Crippen LogP contribution in [0.5, 0.6) is 11.8 Å². The summed E-state index contributed by atoms with van der Waals surface area (Å²) in [5.74, 6) is 1.29. The average molecular weight is 452 g/mol. The van der Waals surface area contributed by atoms with Gasteiger partial charge in [-0.05, 0) is 50.3 Å². The molecule has 0 aliphatic heterocycles. The van der Waals surface area contributed by atoms with Gasteiger partial charge in [0.2, 0.25) is 5.95 Å². The number of ether oxygens (including phenoxy) is 1. The Labute approximate surface area is 197 Å². The van der Waals surface area contributed by atoms with Gasteiger partial charge < -0.3 is 14.6 Å². The lowest BCUT2D eigenvalue weighted by molar-refractivity contribution is 0.324. The highest BCUT2D eigenvalue weighted by atomic mass is 16.5. The Balaban J connectivity index is 1.42. The van der Waals surface area contributed by atoms with E-state index in [9.17, 15) is 5.26 Å². The summed E-state index contributed by atoms with van der Waals surface area (Å²) in [7, 11) is 0. The van der Waals surface area contributed by atoms with E-state index in [1.165, 1.54) is 19.3 Å². The Bertz CT molecular complexity index is 1350. The highest BCUT2D eigenvalue weighted by molar-refractivity contribution is 5.95. The summed E-state index contributed by atoms with van der Waals surface area (Å²) in [5.41, 5.74) is 3.34. The molecular formula is C26H25N7O. The summed E-state index contributed by atoms with van der Waals surface area (Å²) in [6.07, 6.45) is 15.2. The van der Waals surface area contributed by atoms with Crippen LogP contribution < -0.4 is 10.1 Å². The summed E-state index contributed by atoms with van der Waals surface area (Å²) < 4.78 is 8.17. The fourth-order valence-electron chi connectivity index (χ4n) is 5.00. The van der Waals surface area contributed by atoms with Gasteiger partial charge in [-0.3, -0.25) is 0 Å². The fraction of sp³-hybridized carbons (Fsp3) is 0.346. The summed E-state index contributed by atoms with van der Waals surface area (Å²) in [4.78, 5) is 17.5. The molecule has 3 heterocycles. The number of aromatic nitrogens is 5. The third kappa shape index (κ3) is 3.73. The van der Waals surface area contributed by atoms with Gasteiger partial charge in [0.1, 0.15) is 11.8 Å². The SMILES string of the molecule is N#Cc1c(-c2cnc(NC3CCCC3)nc2)n(C2CCC2)c2cc(Oc3ncccn3)ccc12. The van der Waals surface area contributed by atoms with Crippen LogP contribution in [0, 0.1) is 11.3 Å². The lowest BCUT2D eigenvalue weighted by Gasteiger charge is -2.30. The van der Waals surface area contributed by atoms with E-state index in [2.05, 4.69) is 35.9 Å². The van der Waals surface area contributed by atoms with E-state index in [4.69, 9.17) is 4.74 Å². The smallest absolute Gasteiger partial charge is 0.321 e. The molecule has 4 aromatic rings. The number of fused-ring (bicyclic) bond motifs is 1. The first-order chi connectivity index (χ1) is 16.8. The van der Waals surface area contributed by atoms with Gasteiger partial charge in [0.15, 0.2) is 0 Å². The molecule has 0 bridgehead atoms. The molecule has 0 saturated heterocycles. The molecule has 1 aromatic carbocycles. The highest BCUT2D eigenvalue weighted by Gasteiger charge is 2.28. The third-order valence-electron chi connectivity index (χ3n) is 6.89. The first-order valence-corrected chi connectivity index (χ1v) is 11.9. The Hall–Kier alpha value is -3.99. The van der Waals surface area contributed by atoms with Gasteiger partial charge in [-0.2, -0.15) is 5.26 Å². The van der Waals surface area contributed by atoms with Crippen molar-refractivity contribution in [2.45, 2.75) is 57.0 Å². The molecule has 3 aromatic heterocycles. The standard InChI is InChI=1S/C26H25N7O/c27-14-22-21-10-9-20(34-26-28-11-4-12-29-26)13-23(21)33(19-7-3-8-19)24(22)17-15-30-25(31-16-17)32-18-5-1-2-6-18/h4,9-13,15-16,18-19H,1-3,5-8H2,(H,30,31,32). The number of nitrogens with one attached hydrogen (secondary N) is 1. The molecule has 34 heavy (non-hydrogen) atoms. The van der Waals surface area contributed by atoms with Crippen LogP contribution in [0.3, 0.4) is 0 Å². The Morgan fingerprint density at radius 2 is 1.74 bits per heavy atom. The van der Waals surface area contributed by atoms with Gasteiger partial charge in [0.25, 0.3) is 0 Å². The molecule has 170 valence electrons. The van der Waals surface area contributed by atoms with Gasteiger partial charge in [0.05, 0.1) is 16.8 Å². The quantitative estimate of drug-likeness (QED) is 0.405. The van der Waals surface area contributed by atoms with Crippen molar-refractivity contribution in [1.29, 1.82) is 5.26 Å². The number of benzene rings is 1. The number of anilines is 1. The lowest BCUT2D eigenvalue weighted by atomic mass is 9.92. The second kappa shape index (κ2) is 8.75. The van der Waals surface area contributed by atoms with Crippen molar-refractivity contribution < 1.29 is 4.74 Å². The minimum Gasteiger partial charge on any atom is -0.424 e. The summed E-state index contributed by atoms with van der Waals surface area (Å²) in [6.45, 7) is 0. The van der Waals surface area contributed by atoms with E-state index in [1.54, 1.807) is 18.5 Å². The molecule has 2 fully saturated rings. The van der Waals surface area contributed by atoms with Crippen LogP contribution in [-0.4, -0.2) is 30.5 Å². The van der Waals surface area contributed by atoms with Crippen LogP contribution in [0.1, 0.15) is 56.6 Å². The molecule has 0 radical (unpaired) electrons. The van der Waals surface area contributed by atoms with Gasteiger partial charge >= 0.3 is 6.01 Å². The first kappa shape index (κ1) is 20.6. The predicted octanol–water partition coefficient (Wildman–Crippen LogP) is 5.63. The van der Waals surface area contributed by atoms with Crippen LogP contribution >= 0.6 is 0 Å². The molecule has 2 saturated carbocycles. The lowest BCUT2D eigenvalue weighted by Crippen LogP contribution is -2.18. The Kier molecular flexibility index (Phi) is 5.30. The number of hydrogen-bond donors (Lipinski definition) is 1. The van der Waals surface area contributed by atoms with Crippen molar-refractivity contribution in [1.82, 2.24) is 24.5 Å². The number of rotatable bonds is 6. The highest BCUT2D eigenvalue weighted by Crippen LogP contribution is 2.43. The van der Waals surface area contributed by atoms with Gasteiger partial charge in [-0.15, -0.1) is 0 Å². The van der Waals surface area contributed by atoms with Crippen molar-refractivity contribution in [3.05, 3.63) is 54.6 Å². The van der Waals surface area contributed by atoms with Gasteiger partial charge in [-0.1, -0.05) is 12.8 Å². The second-order valence-corrected chi connectivity index (χ2v) is 9.02. The fourth-order valence-corrected chi connectivity index (χ4v) is 5.00. The summed E-state index contributed by atoms with van der Waals surface area (Å²) in [6, 6.07) is 11.1. The van der Waals surface area contributed by atoms with E-state index in [1.807, 2.05) is 30.6 Å². The molecule has 2 aliphatic rings. The number of nitrogens with zero attached hydrogens (tertiary/aromatic N) is 6. The molecule has 0 spiro atoms. The first-order valence-electron chi connectivity index (χ1n) is 11.9.